The number of hydrogen-bond donors (Lipinski definition) is 1. The van der Waals surface area contributed by atoms with Gasteiger partial charge in [-0.1, -0.05) is 31.5 Å². The molecule has 0 saturated carbocycles. The molecule has 0 unspecified atom stereocenters. The third kappa shape index (κ3) is 5.36. The van der Waals surface area contributed by atoms with Crippen molar-refractivity contribution in [2.45, 2.75) is 53.1 Å². The van der Waals surface area contributed by atoms with Crippen molar-refractivity contribution in [3.8, 4) is 11.5 Å². The molecule has 1 heterocycles. The molecule has 0 spiro atoms. The second-order valence-electron chi connectivity index (χ2n) is 6.85. The summed E-state index contributed by atoms with van der Waals surface area (Å²) in [5, 5.41) is 3.16. The first kappa shape index (κ1) is 20.0. The van der Waals surface area contributed by atoms with E-state index in [0.29, 0.717) is 23.0 Å². The highest BCUT2D eigenvalue weighted by Gasteiger charge is 2.17. The van der Waals surface area contributed by atoms with Gasteiger partial charge in [-0.15, -0.1) is 0 Å². The van der Waals surface area contributed by atoms with Crippen LogP contribution in [0.5, 0.6) is 11.5 Å². The van der Waals surface area contributed by atoms with Crippen LogP contribution in [0.25, 0.3) is 0 Å². The minimum atomic E-state index is -0.558. The van der Waals surface area contributed by atoms with E-state index in [0.717, 1.165) is 23.3 Å². The molecule has 0 saturated heterocycles. The van der Waals surface area contributed by atoms with Crippen molar-refractivity contribution in [3.63, 3.8) is 0 Å². The second-order valence-corrected chi connectivity index (χ2v) is 7.20. The molecule has 1 aromatic heterocycles. The lowest BCUT2D eigenvalue weighted by Gasteiger charge is -2.20. The number of ether oxygens (including phenoxy) is 2. The van der Waals surface area contributed by atoms with E-state index in [9.17, 15) is 4.79 Å². The van der Waals surface area contributed by atoms with Gasteiger partial charge in [0.1, 0.15) is 22.3 Å². The minimum absolute atomic E-state index is 0.447. The normalized spacial score (nSPS) is 11.2. The Morgan fingerprint density at radius 3 is 2.58 bits per heavy atom. The third-order valence-electron chi connectivity index (χ3n) is 3.58. The number of aryl methyl sites for hydroxylation is 1. The zero-order chi connectivity index (χ0) is 19.3. The molecule has 140 valence electrons. The first-order valence-electron chi connectivity index (χ1n) is 8.67. The molecule has 26 heavy (non-hydrogen) atoms. The molecular formula is C20H25ClN2O3. The highest BCUT2D eigenvalue weighted by atomic mass is 35.5. The van der Waals surface area contributed by atoms with Crippen LogP contribution < -0.4 is 10.1 Å². The summed E-state index contributed by atoms with van der Waals surface area (Å²) in [6.45, 7) is 9.50. The quantitative estimate of drug-likeness (QED) is 0.650. The fraction of sp³-hybridized carbons (Fsp3) is 0.400. The van der Waals surface area contributed by atoms with E-state index in [-0.39, 0.29) is 0 Å². The van der Waals surface area contributed by atoms with Crippen molar-refractivity contribution < 1.29 is 14.3 Å². The molecule has 0 aliphatic carbocycles. The Labute approximate surface area is 159 Å². The maximum Gasteiger partial charge on any atom is 0.412 e. The number of anilines is 1. The molecule has 1 N–H and O–H groups in total. The molecule has 1 aromatic carbocycles. The molecule has 5 nitrogen and oxygen atoms in total. The molecule has 0 aliphatic rings. The summed E-state index contributed by atoms with van der Waals surface area (Å²) < 4.78 is 11.4. The predicted molar refractivity (Wildman–Crippen MR) is 104 cm³/mol. The number of carbonyl (C=O) groups is 1. The van der Waals surface area contributed by atoms with Crippen LogP contribution >= 0.6 is 11.6 Å². The van der Waals surface area contributed by atoms with Gasteiger partial charge in [0.05, 0.1) is 0 Å². The third-order valence-corrected chi connectivity index (χ3v) is 3.91. The van der Waals surface area contributed by atoms with Gasteiger partial charge in [0.2, 0.25) is 0 Å². The summed E-state index contributed by atoms with van der Waals surface area (Å²) >= 11 is 6.22. The summed E-state index contributed by atoms with van der Waals surface area (Å²) in [7, 11) is 0. The maximum atomic E-state index is 11.9. The Kier molecular flexibility index (Phi) is 6.48. The van der Waals surface area contributed by atoms with Crippen LogP contribution in [-0.4, -0.2) is 16.7 Å². The number of amides is 1. The Balaban J connectivity index is 2.24. The molecule has 0 fully saturated rings. The summed E-state index contributed by atoms with van der Waals surface area (Å²) in [5.41, 5.74) is 1.89. The zero-order valence-electron chi connectivity index (χ0n) is 15.9. The standard InChI is InChI=1S/C20H25ClN2O3/c1-6-13-12-22-18(21)16(7-2)17(13)25-15-10-8-9-14(11-15)23-19(24)26-20(3,4)5/h8-12H,6-7H2,1-5H3,(H,23,24). The highest BCUT2D eigenvalue weighted by Crippen LogP contribution is 2.34. The smallest absolute Gasteiger partial charge is 0.412 e. The van der Waals surface area contributed by atoms with Gasteiger partial charge in [-0.25, -0.2) is 9.78 Å². The number of rotatable bonds is 5. The van der Waals surface area contributed by atoms with Crippen LogP contribution in [0, 0.1) is 0 Å². The van der Waals surface area contributed by atoms with Gasteiger partial charge in [-0.2, -0.15) is 0 Å². The van der Waals surface area contributed by atoms with Crippen molar-refractivity contribution >= 4 is 23.4 Å². The number of hydrogen-bond acceptors (Lipinski definition) is 4. The molecule has 0 bridgehead atoms. The molecule has 0 atom stereocenters. The summed E-state index contributed by atoms with van der Waals surface area (Å²) in [6, 6.07) is 7.16. The van der Waals surface area contributed by atoms with Gasteiger partial charge in [-0.05, 0) is 45.7 Å². The Hall–Kier alpha value is -2.27. The lowest BCUT2D eigenvalue weighted by atomic mass is 10.1. The lowest BCUT2D eigenvalue weighted by Crippen LogP contribution is -2.27. The Bertz CT molecular complexity index is 785. The Morgan fingerprint density at radius 2 is 1.96 bits per heavy atom. The van der Waals surface area contributed by atoms with Crippen LogP contribution in [0.2, 0.25) is 5.15 Å². The number of aromatic nitrogens is 1. The van der Waals surface area contributed by atoms with E-state index >= 15 is 0 Å². The number of pyridine rings is 1. The molecular weight excluding hydrogens is 352 g/mol. The van der Waals surface area contributed by atoms with Crippen molar-refractivity contribution in [1.82, 2.24) is 4.98 Å². The van der Waals surface area contributed by atoms with E-state index in [1.165, 1.54) is 0 Å². The van der Waals surface area contributed by atoms with Gasteiger partial charge in [0.25, 0.3) is 0 Å². The average molecular weight is 377 g/mol. The van der Waals surface area contributed by atoms with Crippen molar-refractivity contribution in [2.24, 2.45) is 0 Å². The monoisotopic (exact) mass is 376 g/mol. The first-order valence-corrected chi connectivity index (χ1v) is 9.05. The number of nitrogens with one attached hydrogen (secondary N) is 1. The number of carbonyl (C=O) groups excluding carboxylic acids is 1. The highest BCUT2D eigenvalue weighted by molar-refractivity contribution is 6.30. The predicted octanol–water partition coefficient (Wildman–Crippen LogP) is 6.00. The first-order chi connectivity index (χ1) is 12.2. The molecule has 0 radical (unpaired) electrons. The van der Waals surface area contributed by atoms with E-state index in [1.807, 2.05) is 46.8 Å². The van der Waals surface area contributed by atoms with E-state index < -0.39 is 11.7 Å². The number of nitrogens with zero attached hydrogens (tertiary/aromatic N) is 1. The number of halogens is 1. The van der Waals surface area contributed by atoms with Crippen LogP contribution in [-0.2, 0) is 17.6 Å². The fourth-order valence-corrected chi connectivity index (χ4v) is 2.69. The molecule has 6 heteroatoms. The van der Waals surface area contributed by atoms with Crippen LogP contribution in [0.4, 0.5) is 10.5 Å². The average Bonchev–Trinajstić information content (AvgIpc) is 2.54. The van der Waals surface area contributed by atoms with Crippen molar-refractivity contribution in [2.75, 3.05) is 5.32 Å². The fourth-order valence-electron chi connectivity index (χ4n) is 2.42. The summed E-state index contributed by atoms with van der Waals surface area (Å²) in [5.74, 6) is 1.33. The van der Waals surface area contributed by atoms with Crippen molar-refractivity contribution in [1.29, 1.82) is 0 Å². The second kappa shape index (κ2) is 8.41. The number of benzene rings is 1. The van der Waals surface area contributed by atoms with Gasteiger partial charge < -0.3 is 9.47 Å². The van der Waals surface area contributed by atoms with E-state index in [2.05, 4.69) is 10.3 Å². The van der Waals surface area contributed by atoms with Gasteiger partial charge in [0, 0.05) is 29.1 Å². The summed E-state index contributed by atoms with van der Waals surface area (Å²) in [4.78, 5) is 16.2. The van der Waals surface area contributed by atoms with Crippen LogP contribution in [0.15, 0.2) is 30.5 Å². The molecule has 0 aliphatic heterocycles. The van der Waals surface area contributed by atoms with Crippen molar-refractivity contribution in [3.05, 3.63) is 46.7 Å². The van der Waals surface area contributed by atoms with Crippen LogP contribution in [0.1, 0.15) is 45.7 Å². The zero-order valence-corrected chi connectivity index (χ0v) is 16.6. The van der Waals surface area contributed by atoms with Gasteiger partial charge in [0.15, 0.2) is 0 Å². The minimum Gasteiger partial charge on any atom is -0.457 e. The topological polar surface area (TPSA) is 60.5 Å². The molecule has 1 amide bonds. The Morgan fingerprint density at radius 1 is 1.23 bits per heavy atom. The van der Waals surface area contributed by atoms with E-state index in [4.69, 9.17) is 21.1 Å². The van der Waals surface area contributed by atoms with Gasteiger partial charge in [-0.3, -0.25) is 5.32 Å². The largest absolute Gasteiger partial charge is 0.457 e. The SMILES string of the molecule is CCc1cnc(Cl)c(CC)c1Oc1cccc(NC(=O)OC(C)(C)C)c1. The lowest BCUT2D eigenvalue weighted by molar-refractivity contribution is 0.0636. The van der Waals surface area contributed by atoms with E-state index in [1.54, 1.807) is 18.3 Å². The maximum absolute atomic E-state index is 11.9. The summed E-state index contributed by atoms with van der Waals surface area (Å²) in [6.07, 6.45) is 2.72. The van der Waals surface area contributed by atoms with Crippen LogP contribution in [0.3, 0.4) is 0 Å². The van der Waals surface area contributed by atoms with Gasteiger partial charge >= 0.3 is 6.09 Å². The molecule has 2 aromatic rings. The molecule has 2 rings (SSSR count).